The van der Waals surface area contributed by atoms with Gasteiger partial charge in [-0.25, -0.2) is 0 Å². The quantitative estimate of drug-likeness (QED) is 0.329. The monoisotopic (exact) mass is 409 g/mol. The highest BCUT2D eigenvalue weighted by Gasteiger charge is 2.24. The van der Waals surface area contributed by atoms with Crippen LogP contribution in [0.3, 0.4) is 0 Å². The second-order valence-electron chi connectivity index (χ2n) is 5.64. The SMILES string of the molecule is CCOP(=O)(Cc1ccc(Nc2ccc([N+](=O)[O-])cc2[N+](=O)[O-])cc1)OCC. The van der Waals surface area contributed by atoms with Gasteiger partial charge in [-0.2, -0.15) is 0 Å². The summed E-state index contributed by atoms with van der Waals surface area (Å²) < 4.78 is 23.1. The van der Waals surface area contributed by atoms with E-state index in [1.54, 1.807) is 38.1 Å². The van der Waals surface area contributed by atoms with E-state index >= 15 is 0 Å². The third-order valence-corrected chi connectivity index (χ3v) is 5.71. The molecule has 150 valence electrons. The molecule has 0 fully saturated rings. The van der Waals surface area contributed by atoms with Crippen LogP contribution in [0.15, 0.2) is 42.5 Å². The van der Waals surface area contributed by atoms with Gasteiger partial charge in [-0.3, -0.25) is 24.8 Å². The van der Waals surface area contributed by atoms with Crippen molar-refractivity contribution in [3.05, 3.63) is 68.3 Å². The molecule has 28 heavy (non-hydrogen) atoms. The molecule has 0 unspecified atom stereocenters. The fourth-order valence-electron chi connectivity index (χ4n) is 2.48. The van der Waals surface area contributed by atoms with Crippen molar-refractivity contribution in [2.24, 2.45) is 0 Å². The number of hydrogen-bond donors (Lipinski definition) is 1. The van der Waals surface area contributed by atoms with E-state index in [0.29, 0.717) is 11.3 Å². The molecule has 10 nitrogen and oxygen atoms in total. The van der Waals surface area contributed by atoms with Crippen molar-refractivity contribution >= 4 is 30.3 Å². The zero-order valence-corrected chi connectivity index (χ0v) is 16.3. The number of nitro groups is 2. The Kier molecular flexibility index (Phi) is 7.22. The molecule has 11 heteroatoms. The lowest BCUT2D eigenvalue weighted by Gasteiger charge is -2.17. The Morgan fingerprint density at radius 2 is 1.57 bits per heavy atom. The van der Waals surface area contributed by atoms with Gasteiger partial charge in [0.15, 0.2) is 0 Å². The van der Waals surface area contributed by atoms with Gasteiger partial charge in [0.2, 0.25) is 0 Å². The summed E-state index contributed by atoms with van der Waals surface area (Å²) in [6.45, 7) is 3.99. The second kappa shape index (κ2) is 9.41. The normalized spacial score (nSPS) is 11.2. The molecule has 0 atom stereocenters. The molecule has 0 spiro atoms. The summed E-state index contributed by atoms with van der Waals surface area (Å²) in [6.07, 6.45) is 0.104. The average molecular weight is 409 g/mol. The summed E-state index contributed by atoms with van der Waals surface area (Å²) in [6, 6.07) is 10.1. The van der Waals surface area contributed by atoms with E-state index in [9.17, 15) is 24.8 Å². The smallest absolute Gasteiger partial charge is 0.335 e. The molecule has 2 aromatic carbocycles. The van der Waals surface area contributed by atoms with Crippen molar-refractivity contribution in [3.63, 3.8) is 0 Å². The Balaban J connectivity index is 2.19. The highest BCUT2D eigenvalue weighted by Crippen LogP contribution is 2.51. The van der Waals surface area contributed by atoms with Gasteiger partial charge in [0.05, 0.1) is 35.3 Å². The number of benzene rings is 2. The van der Waals surface area contributed by atoms with E-state index in [2.05, 4.69) is 5.32 Å². The van der Waals surface area contributed by atoms with Gasteiger partial charge in [-0.15, -0.1) is 0 Å². The summed E-state index contributed by atoms with van der Waals surface area (Å²) in [5.41, 5.74) is 0.598. The zero-order valence-electron chi connectivity index (χ0n) is 15.4. The van der Waals surface area contributed by atoms with Crippen molar-refractivity contribution in [2.45, 2.75) is 20.0 Å². The van der Waals surface area contributed by atoms with Gasteiger partial charge in [0.1, 0.15) is 5.69 Å². The lowest BCUT2D eigenvalue weighted by molar-refractivity contribution is -0.393. The molecule has 0 aliphatic rings. The van der Waals surface area contributed by atoms with Crippen LogP contribution in [0, 0.1) is 20.2 Å². The lowest BCUT2D eigenvalue weighted by atomic mass is 10.2. The minimum absolute atomic E-state index is 0.104. The first-order valence-corrected chi connectivity index (χ1v) is 10.2. The Hall–Kier alpha value is -2.81. The molecule has 0 aliphatic carbocycles. The van der Waals surface area contributed by atoms with E-state index in [-0.39, 0.29) is 30.8 Å². The fraction of sp³-hybridized carbons (Fsp3) is 0.294. The molecule has 0 radical (unpaired) electrons. The standard InChI is InChI=1S/C17H20N3O7P/c1-3-26-28(25,27-4-2)12-13-5-7-14(8-6-13)18-16-10-9-15(19(21)22)11-17(16)20(23)24/h5-11,18H,3-4,12H2,1-2H3. The molecule has 0 saturated heterocycles. The van der Waals surface area contributed by atoms with Crippen LogP contribution in [0.5, 0.6) is 0 Å². The zero-order chi connectivity index (χ0) is 20.7. The Morgan fingerprint density at radius 3 is 2.07 bits per heavy atom. The summed E-state index contributed by atoms with van der Waals surface area (Å²) >= 11 is 0. The minimum atomic E-state index is -3.23. The first-order chi connectivity index (χ1) is 13.3. The molecule has 0 bridgehead atoms. The first kappa shape index (κ1) is 21.5. The third kappa shape index (κ3) is 5.59. The van der Waals surface area contributed by atoms with Crippen LogP contribution in [0.1, 0.15) is 19.4 Å². The fourth-order valence-corrected chi connectivity index (χ4v) is 4.19. The molecule has 2 aromatic rings. The molecule has 0 aliphatic heterocycles. The first-order valence-electron chi connectivity index (χ1n) is 8.45. The van der Waals surface area contributed by atoms with E-state index in [4.69, 9.17) is 9.05 Å². The molecule has 0 heterocycles. The van der Waals surface area contributed by atoms with E-state index < -0.39 is 23.1 Å². The number of hydrogen-bond acceptors (Lipinski definition) is 8. The molecule has 1 N–H and O–H groups in total. The molecule has 2 rings (SSSR count). The van der Waals surface area contributed by atoms with Crippen LogP contribution >= 0.6 is 7.60 Å². The van der Waals surface area contributed by atoms with Gasteiger partial charge in [-0.1, -0.05) is 12.1 Å². The minimum Gasteiger partial charge on any atom is -0.350 e. The van der Waals surface area contributed by atoms with Gasteiger partial charge < -0.3 is 14.4 Å². The maximum atomic E-state index is 12.6. The number of nitro benzene ring substituents is 2. The van der Waals surface area contributed by atoms with Gasteiger partial charge >= 0.3 is 7.60 Å². The van der Waals surface area contributed by atoms with Crippen molar-refractivity contribution in [1.82, 2.24) is 0 Å². The summed E-state index contributed by atoms with van der Waals surface area (Å²) in [5, 5.41) is 24.9. The van der Waals surface area contributed by atoms with Crippen LogP contribution < -0.4 is 5.32 Å². The van der Waals surface area contributed by atoms with Crippen molar-refractivity contribution in [2.75, 3.05) is 18.5 Å². The predicted molar refractivity (Wildman–Crippen MR) is 104 cm³/mol. The maximum Gasteiger partial charge on any atom is 0.335 e. The number of nitrogens with zero attached hydrogens (tertiary/aromatic N) is 2. The van der Waals surface area contributed by atoms with E-state index in [1.165, 1.54) is 12.1 Å². The summed E-state index contributed by atoms with van der Waals surface area (Å²) in [4.78, 5) is 20.6. The van der Waals surface area contributed by atoms with Crippen LogP contribution in [0.4, 0.5) is 22.7 Å². The maximum absolute atomic E-state index is 12.6. The van der Waals surface area contributed by atoms with Gasteiger partial charge in [0, 0.05) is 11.8 Å². The number of anilines is 2. The molecule has 0 aromatic heterocycles. The third-order valence-electron chi connectivity index (χ3n) is 3.65. The van der Waals surface area contributed by atoms with Crippen LogP contribution in [0.2, 0.25) is 0 Å². The number of rotatable bonds is 10. The largest absolute Gasteiger partial charge is 0.350 e. The lowest BCUT2D eigenvalue weighted by Crippen LogP contribution is -2.00. The topological polar surface area (TPSA) is 134 Å². The summed E-state index contributed by atoms with van der Waals surface area (Å²) in [5.74, 6) is 0. The van der Waals surface area contributed by atoms with E-state index in [1.807, 2.05) is 0 Å². The molecule has 0 amide bonds. The Morgan fingerprint density at radius 1 is 0.964 bits per heavy atom. The molecular weight excluding hydrogens is 389 g/mol. The number of non-ortho nitro benzene ring substituents is 1. The van der Waals surface area contributed by atoms with E-state index in [0.717, 1.165) is 6.07 Å². The second-order valence-corrected chi connectivity index (χ2v) is 7.70. The summed E-state index contributed by atoms with van der Waals surface area (Å²) in [7, 11) is -3.23. The molecule has 0 saturated carbocycles. The average Bonchev–Trinajstić information content (AvgIpc) is 2.63. The Bertz CT molecular complexity index is 892. The van der Waals surface area contributed by atoms with Crippen molar-refractivity contribution < 1.29 is 23.5 Å². The van der Waals surface area contributed by atoms with Crippen LogP contribution in [-0.4, -0.2) is 23.1 Å². The Labute approximate surface area is 161 Å². The van der Waals surface area contributed by atoms with Crippen LogP contribution in [-0.2, 0) is 19.8 Å². The molecular formula is C17H20N3O7P. The van der Waals surface area contributed by atoms with Gasteiger partial charge in [-0.05, 0) is 37.6 Å². The van der Waals surface area contributed by atoms with Crippen molar-refractivity contribution in [3.8, 4) is 0 Å². The predicted octanol–water partition coefficient (Wildman–Crippen LogP) is 5.01. The number of nitrogens with one attached hydrogen (secondary N) is 1. The highest BCUT2D eigenvalue weighted by molar-refractivity contribution is 7.53. The highest BCUT2D eigenvalue weighted by atomic mass is 31.2. The van der Waals surface area contributed by atoms with Gasteiger partial charge in [0.25, 0.3) is 11.4 Å². The van der Waals surface area contributed by atoms with Crippen LogP contribution in [0.25, 0.3) is 0 Å². The van der Waals surface area contributed by atoms with Crippen molar-refractivity contribution in [1.29, 1.82) is 0 Å².